The Kier molecular flexibility index (Phi) is 3.23. The van der Waals surface area contributed by atoms with Crippen LogP contribution in [0.25, 0.3) is 0 Å². The first kappa shape index (κ1) is 11.1. The van der Waals surface area contributed by atoms with E-state index in [4.69, 9.17) is 0 Å². The van der Waals surface area contributed by atoms with Gasteiger partial charge in [-0.25, -0.2) is 0 Å². The van der Waals surface area contributed by atoms with Crippen molar-refractivity contribution in [1.82, 2.24) is 10.2 Å². The van der Waals surface area contributed by atoms with Crippen LogP contribution in [0.4, 0.5) is 5.69 Å². The van der Waals surface area contributed by atoms with E-state index in [0.29, 0.717) is 5.56 Å². The number of nitrogens with zero attached hydrogens (tertiary/aromatic N) is 1. The Morgan fingerprint density at radius 2 is 2.31 bits per heavy atom. The lowest BCUT2D eigenvalue weighted by Crippen LogP contribution is -2.11. The number of nitrogens with one attached hydrogen (secondary N) is 2. The van der Waals surface area contributed by atoms with Crippen LogP contribution in [-0.4, -0.2) is 16.1 Å². The minimum absolute atomic E-state index is 0.155. The molecule has 0 radical (unpaired) electrons. The summed E-state index contributed by atoms with van der Waals surface area (Å²) in [6, 6.07) is 5.87. The SMILES string of the molecule is Cc1cc(I)ccc1NC(=O)c1cn[nH]c1. The van der Waals surface area contributed by atoms with Gasteiger partial charge in [0, 0.05) is 15.5 Å². The van der Waals surface area contributed by atoms with E-state index in [1.54, 1.807) is 6.20 Å². The fraction of sp³-hybridized carbons (Fsp3) is 0.0909. The van der Waals surface area contributed by atoms with Crippen molar-refractivity contribution in [3.8, 4) is 0 Å². The van der Waals surface area contributed by atoms with Gasteiger partial charge in [0.25, 0.3) is 5.91 Å². The number of rotatable bonds is 2. The first-order valence-corrected chi connectivity index (χ1v) is 5.81. The standard InChI is InChI=1S/C11H10IN3O/c1-7-4-9(12)2-3-10(7)15-11(16)8-5-13-14-6-8/h2-6H,1H3,(H,13,14)(H,15,16). The molecule has 0 spiro atoms. The Hall–Kier alpha value is -1.37. The molecule has 0 aliphatic rings. The first-order chi connectivity index (χ1) is 7.66. The van der Waals surface area contributed by atoms with Crippen LogP contribution in [-0.2, 0) is 0 Å². The second kappa shape index (κ2) is 4.65. The van der Waals surface area contributed by atoms with Crippen LogP contribution < -0.4 is 5.32 Å². The minimum Gasteiger partial charge on any atom is -0.322 e. The maximum Gasteiger partial charge on any atom is 0.258 e. The summed E-state index contributed by atoms with van der Waals surface area (Å²) in [5, 5.41) is 9.18. The summed E-state index contributed by atoms with van der Waals surface area (Å²) in [6.07, 6.45) is 3.06. The maximum absolute atomic E-state index is 11.7. The van der Waals surface area contributed by atoms with Crippen molar-refractivity contribution in [1.29, 1.82) is 0 Å². The van der Waals surface area contributed by atoms with Gasteiger partial charge in [-0.15, -0.1) is 0 Å². The van der Waals surface area contributed by atoms with E-state index in [1.165, 1.54) is 6.20 Å². The van der Waals surface area contributed by atoms with Crippen LogP contribution in [0.5, 0.6) is 0 Å². The van der Waals surface area contributed by atoms with Crippen LogP contribution in [0.2, 0.25) is 0 Å². The Morgan fingerprint density at radius 1 is 1.50 bits per heavy atom. The predicted octanol–water partition coefficient (Wildman–Crippen LogP) is 2.58. The maximum atomic E-state index is 11.7. The van der Waals surface area contributed by atoms with Crippen LogP contribution in [0, 0.1) is 10.5 Å². The fourth-order valence-electron chi connectivity index (χ4n) is 1.34. The van der Waals surface area contributed by atoms with Gasteiger partial charge in [0.15, 0.2) is 0 Å². The molecule has 0 fully saturated rings. The first-order valence-electron chi connectivity index (χ1n) is 4.73. The molecule has 0 atom stereocenters. The highest BCUT2D eigenvalue weighted by atomic mass is 127. The molecule has 2 N–H and O–H groups in total. The van der Waals surface area contributed by atoms with Crippen molar-refractivity contribution >= 4 is 34.2 Å². The molecule has 0 aliphatic heterocycles. The van der Waals surface area contributed by atoms with Crippen LogP contribution in [0.15, 0.2) is 30.6 Å². The summed E-state index contributed by atoms with van der Waals surface area (Å²) < 4.78 is 1.15. The summed E-state index contributed by atoms with van der Waals surface area (Å²) >= 11 is 2.24. The Morgan fingerprint density at radius 3 is 2.94 bits per heavy atom. The van der Waals surface area contributed by atoms with Gasteiger partial charge >= 0.3 is 0 Å². The monoisotopic (exact) mass is 327 g/mol. The van der Waals surface area contributed by atoms with Gasteiger partial charge in [-0.3, -0.25) is 9.89 Å². The molecule has 5 heteroatoms. The lowest BCUT2D eigenvalue weighted by molar-refractivity contribution is 0.102. The van der Waals surface area contributed by atoms with Crippen LogP contribution in [0.1, 0.15) is 15.9 Å². The number of aryl methyl sites for hydroxylation is 1. The highest BCUT2D eigenvalue weighted by Gasteiger charge is 2.08. The predicted molar refractivity (Wildman–Crippen MR) is 70.4 cm³/mol. The quantitative estimate of drug-likeness (QED) is 0.833. The number of benzene rings is 1. The normalized spacial score (nSPS) is 10.1. The molecular weight excluding hydrogens is 317 g/mol. The molecule has 2 rings (SSSR count). The fourth-order valence-corrected chi connectivity index (χ4v) is 1.98. The van der Waals surface area contributed by atoms with Gasteiger partial charge < -0.3 is 5.32 Å². The number of H-pyrrole nitrogens is 1. The van der Waals surface area contributed by atoms with E-state index < -0.39 is 0 Å². The van der Waals surface area contributed by atoms with Crippen molar-refractivity contribution in [2.75, 3.05) is 5.32 Å². The molecule has 1 aromatic carbocycles. The number of amides is 1. The van der Waals surface area contributed by atoms with Crippen molar-refractivity contribution in [2.45, 2.75) is 6.92 Å². The lowest BCUT2D eigenvalue weighted by Gasteiger charge is -2.07. The molecule has 0 bridgehead atoms. The molecular formula is C11H10IN3O. The van der Waals surface area contributed by atoms with Gasteiger partial charge in [-0.2, -0.15) is 5.10 Å². The van der Waals surface area contributed by atoms with Crippen molar-refractivity contribution in [3.63, 3.8) is 0 Å². The van der Waals surface area contributed by atoms with E-state index in [9.17, 15) is 4.79 Å². The number of halogens is 1. The Bertz CT molecular complexity index is 508. The van der Waals surface area contributed by atoms with Crippen molar-refractivity contribution in [2.24, 2.45) is 0 Å². The highest BCUT2D eigenvalue weighted by Crippen LogP contribution is 2.18. The molecule has 16 heavy (non-hydrogen) atoms. The number of aromatic nitrogens is 2. The molecule has 82 valence electrons. The average Bonchev–Trinajstić information content (AvgIpc) is 2.75. The van der Waals surface area contributed by atoms with Crippen LogP contribution in [0.3, 0.4) is 0 Å². The average molecular weight is 327 g/mol. The number of hydrogen-bond acceptors (Lipinski definition) is 2. The third-order valence-corrected chi connectivity index (χ3v) is 2.87. The van der Waals surface area contributed by atoms with Gasteiger partial charge in [-0.1, -0.05) is 0 Å². The van der Waals surface area contributed by atoms with Crippen LogP contribution >= 0.6 is 22.6 Å². The number of carbonyl (C=O) groups excluding carboxylic acids is 1. The van der Waals surface area contributed by atoms with Gasteiger partial charge in [0.05, 0.1) is 11.8 Å². The van der Waals surface area contributed by atoms with E-state index >= 15 is 0 Å². The smallest absolute Gasteiger partial charge is 0.258 e. The number of anilines is 1. The van der Waals surface area contributed by atoms with Gasteiger partial charge in [0.1, 0.15) is 0 Å². The van der Waals surface area contributed by atoms with Crippen molar-refractivity contribution in [3.05, 3.63) is 45.3 Å². The summed E-state index contributed by atoms with van der Waals surface area (Å²) in [5.74, 6) is -0.155. The lowest BCUT2D eigenvalue weighted by atomic mass is 10.2. The third kappa shape index (κ3) is 2.41. The minimum atomic E-state index is -0.155. The highest BCUT2D eigenvalue weighted by molar-refractivity contribution is 14.1. The molecule has 0 saturated heterocycles. The van der Waals surface area contributed by atoms with Gasteiger partial charge in [0.2, 0.25) is 0 Å². The van der Waals surface area contributed by atoms with E-state index in [2.05, 4.69) is 38.1 Å². The molecule has 0 unspecified atom stereocenters. The van der Waals surface area contributed by atoms with Gasteiger partial charge in [-0.05, 0) is 53.3 Å². The largest absolute Gasteiger partial charge is 0.322 e. The Balaban J connectivity index is 2.18. The summed E-state index contributed by atoms with van der Waals surface area (Å²) in [5.41, 5.74) is 2.40. The number of carbonyl (C=O) groups is 1. The topological polar surface area (TPSA) is 57.8 Å². The zero-order valence-electron chi connectivity index (χ0n) is 8.62. The Labute approximate surface area is 107 Å². The zero-order valence-corrected chi connectivity index (χ0v) is 10.8. The molecule has 1 amide bonds. The molecule has 1 aromatic heterocycles. The number of hydrogen-bond donors (Lipinski definition) is 2. The summed E-state index contributed by atoms with van der Waals surface area (Å²) in [4.78, 5) is 11.7. The third-order valence-electron chi connectivity index (χ3n) is 2.20. The van der Waals surface area contributed by atoms with E-state index in [-0.39, 0.29) is 5.91 Å². The second-order valence-corrected chi connectivity index (χ2v) is 4.65. The number of aromatic amines is 1. The molecule has 2 aromatic rings. The molecule has 4 nitrogen and oxygen atoms in total. The molecule has 0 aliphatic carbocycles. The second-order valence-electron chi connectivity index (χ2n) is 3.40. The van der Waals surface area contributed by atoms with E-state index in [0.717, 1.165) is 14.8 Å². The summed E-state index contributed by atoms with van der Waals surface area (Å²) in [6.45, 7) is 1.97. The molecule has 1 heterocycles. The zero-order chi connectivity index (χ0) is 11.5. The van der Waals surface area contributed by atoms with Crippen molar-refractivity contribution < 1.29 is 4.79 Å². The summed E-state index contributed by atoms with van der Waals surface area (Å²) in [7, 11) is 0. The molecule has 0 saturated carbocycles. The van der Waals surface area contributed by atoms with E-state index in [1.807, 2.05) is 25.1 Å².